The molecule has 4 aromatic rings. The van der Waals surface area contributed by atoms with E-state index in [0.29, 0.717) is 33.5 Å². The van der Waals surface area contributed by atoms with Crippen LogP contribution in [0.3, 0.4) is 0 Å². The highest BCUT2D eigenvalue weighted by molar-refractivity contribution is 6.31. The molecule has 0 radical (unpaired) electrons. The molecule has 0 saturated carbocycles. The van der Waals surface area contributed by atoms with Crippen LogP contribution in [0.4, 0.5) is 15.9 Å². The number of carbonyl (C=O) groups is 1. The number of aromatic nitrogens is 3. The predicted octanol–water partition coefficient (Wildman–Crippen LogP) is 3.86. The molecular weight excluding hydrogens is 438 g/mol. The van der Waals surface area contributed by atoms with E-state index in [1.165, 1.54) is 29.1 Å². The first-order valence-corrected chi connectivity index (χ1v) is 9.59. The molecule has 2 heterocycles. The van der Waals surface area contributed by atoms with Gasteiger partial charge in [0, 0.05) is 17.1 Å². The number of hydrogen-bond donors (Lipinski definition) is 1. The van der Waals surface area contributed by atoms with Crippen molar-refractivity contribution >= 4 is 62.7 Å². The maximum absolute atomic E-state index is 13.4. The van der Waals surface area contributed by atoms with Gasteiger partial charge in [-0.2, -0.15) is 0 Å². The Morgan fingerprint density at radius 1 is 1.27 bits per heavy atom. The van der Waals surface area contributed by atoms with Gasteiger partial charge in [-0.05, 0) is 24.3 Å². The van der Waals surface area contributed by atoms with E-state index in [1.807, 2.05) is 0 Å². The summed E-state index contributed by atoms with van der Waals surface area (Å²) in [7, 11) is 0. The van der Waals surface area contributed by atoms with Gasteiger partial charge in [-0.15, -0.1) is 11.6 Å². The summed E-state index contributed by atoms with van der Waals surface area (Å²) in [4.78, 5) is 31.9. The normalized spacial score (nSPS) is 11.2. The van der Waals surface area contributed by atoms with E-state index in [9.17, 15) is 14.0 Å². The standard InChI is InChI=1S/C19H13Cl2FN4O4/c20-8-17(27)29-4-3-26-15-6-11-14(7-16(15)30-19(26)28)23-9-24-18(11)25-10-1-2-13(22)12(21)5-10/h1-2,5-7,9H,3-4,8H2,(H,23,24,25). The molecule has 0 aliphatic carbocycles. The van der Waals surface area contributed by atoms with Crippen LogP contribution in [0.2, 0.25) is 5.02 Å². The topological polar surface area (TPSA) is 99.2 Å². The number of esters is 1. The van der Waals surface area contributed by atoms with Crippen molar-refractivity contribution in [2.75, 3.05) is 17.8 Å². The van der Waals surface area contributed by atoms with E-state index >= 15 is 0 Å². The number of halogens is 3. The van der Waals surface area contributed by atoms with Gasteiger partial charge in [0.15, 0.2) is 5.58 Å². The first-order valence-electron chi connectivity index (χ1n) is 8.68. The Kier molecular flexibility index (Phi) is 5.56. The van der Waals surface area contributed by atoms with Crippen molar-refractivity contribution in [1.29, 1.82) is 0 Å². The number of fused-ring (bicyclic) bond motifs is 2. The number of hydrogen-bond acceptors (Lipinski definition) is 7. The van der Waals surface area contributed by atoms with Crippen molar-refractivity contribution in [3.8, 4) is 0 Å². The Labute approximate surface area is 178 Å². The summed E-state index contributed by atoms with van der Waals surface area (Å²) in [5.74, 6) is -1.56. The number of nitrogens with zero attached hydrogens (tertiary/aromatic N) is 3. The van der Waals surface area contributed by atoms with Crippen molar-refractivity contribution in [3.05, 3.63) is 58.0 Å². The van der Waals surface area contributed by atoms with E-state index in [4.69, 9.17) is 32.4 Å². The third kappa shape index (κ3) is 3.94. The quantitative estimate of drug-likeness (QED) is 0.351. The molecule has 154 valence electrons. The van der Waals surface area contributed by atoms with Crippen LogP contribution in [0.15, 0.2) is 45.9 Å². The lowest BCUT2D eigenvalue weighted by molar-refractivity contribution is -0.140. The Morgan fingerprint density at radius 2 is 2.10 bits per heavy atom. The molecule has 0 amide bonds. The summed E-state index contributed by atoms with van der Waals surface area (Å²) in [6.07, 6.45) is 1.35. The summed E-state index contributed by atoms with van der Waals surface area (Å²) in [6, 6.07) is 7.49. The summed E-state index contributed by atoms with van der Waals surface area (Å²) < 4.78 is 25.0. The zero-order chi connectivity index (χ0) is 21.3. The minimum atomic E-state index is -0.602. The van der Waals surface area contributed by atoms with Crippen molar-refractivity contribution in [3.63, 3.8) is 0 Å². The molecule has 30 heavy (non-hydrogen) atoms. The summed E-state index contributed by atoms with van der Waals surface area (Å²) >= 11 is 11.2. The van der Waals surface area contributed by atoms with E-state index in [0.717, 1.165) is 0 Å². The van der Waals surface area contributed by atoms with Crippen LogP contribution in [0.5, 0.6) is 0 Å². The number of rotatable bonds is 6. The lowest BCUT2D eigenvalue weighted by Crippen LogP contribution is -2.19. The average Bonchev–Trinajstić information content (AvgIpc) is 3.03. The molecule has 2 aromatic heterocycles. The van der Waals surface area contributed by atoms with Gasteiger partial charge in [-0.1, -0.05) is 11.6 Å². The van der Waals surface area contributed by atoms with Crippen LogP contribution in [0.1, 0.15) is 0 Å². The molecule has 1 N–H and O–H groups in total. The fourth-order valence-electron chi connectivity index (χ4n) is 2.92. The number of alkyl halides is 1. The zero-order valence-corrected chi connectivity index (χ0v) is 16.7. The number of ether oxygens (including phenoxy) is 1. The fourth-order valence-corrected chi connectivity index (χ4v) is 3.18. The number of oxazole rings is 1. The summed E-state index contributed by atoms with van der Waals surface area (Å²) in [5.41, 5.74) is 1.86. The number of benzene rings is 2. The lowest BCUT2D eigenvalue weighted by atomic mass is 10.2. The lowest BCUT2D eigenvalue weighted by Gasteiger charge is -2.09. The first-order chi connectivity index (χ1) is 14.5. The second kappa shape index (κ2) is 8.29. The van der Waals surface area contributed by atoms with Crippen molar-refractivity contribution < 1.29 is 18.3 Å². The monoisotopic (exact) mass is 450 g/mol. The molecule has 4 rings (SSSR count). The van der Waals surface area contributed by atoms with E-state index in [-0.39, 0.29) is 24.1 Å². The molecule has 0 unspecified atom stereocenters. The van der Waals surface area contributed by atoms with Gasteiger partial charge in [0.05, 0.1) is 22.6 Å². The van der Waals surface area contributed by atoms with Crippen LogP contribution < -0.4 is 11.1 Å². The fraction of sp³-hybridized carbons (Fsp3) is 0.158. The van der Waals surface area contributed by atoms with Gasteiger partial charge in [0.25, 0.3) is 0 Å². The Balaban J connectivity index is 1.73. The van der Waals surface area contributed by atoms with E-state index in [1.54, 1.807) is 12.1 Å². The zero-order valence-electron chi connectivity index (χ0n) is 15.2. The smallest absolute Gasteiger partial charge is 0.420 e. The molecule has 0 saturated heterocycles. The molecular formula is C19H13Cl2FN4O4. The molecule has 0 atom stereocenters. The van der Waals surface area contributed by atoms with Crippen LogP contribution >= 0.6 is 23.2 Å². The molecule has 11 heteroatoms. The maximum atomic E-state index is 13.4. The highest BCUT2D eigenvalue weighted by Crippen LogP contribution is 2.28. The summed E-state index contributed by atoms with van der Waals surface area (Å²) in [6.45, 7) is 0.0482. The minimum Gasteiger partial charge on any atom is -0.463 e. The van der Waals surface area contributed by atoms with Crippen molar-refractivity contribution in [2.45, 2.75) is 6.54 Å². The predicted molar refractivity (Wildman–Crippen MR) is 110 cm³/mol. The second-order valence-corrected chi connectivity index (χ2v) is 6.86. The second-order valence-electron chi connectivity index (χ2n) is 6.19. The van der Waals surface area contributed by atoms with E-state index < -0.39 is 17.5 Å². The van der Waals surface area contributed by atoms with Crippen LogP contribution in [-0.4, -0.2) is 33.0 Å². The average molecular weight is 451 g/mol. The molecule has 2 aromatic carbocycles. The molecule has 8 nitrogen and oxygen atoms in total. The van der Waals surface area contributed by atoms with Gasteiger partial charge < -0.3 is 14.5 Å². The van der Waals surface area contributed by atoms with Crippen molar-refractivity contribution in [2.24, 2.45) is 0 Å². The molecule has 0 bridgehead atoms. The highest BCUT2D eigenvalue weighted by Gasteiger charge is 2.14. The molecule has 0 aliphatic heterocycles. The Bertz CT molecular complexity index is 1320. The molecule has 0 aliphatic rings. The van der Waals surface area contributed by atoms with Gasteiger partial charge in [0.1, 0.15) is 30.4 Å². The van der Waals surface area contributed by atoms with Gasteiger partial charge in [0.2, 0.25) is 0 Å². The van der Waals surface area contributed by atoms with Gasteiger partial charge in [-0.3, -0.25) is 9.36 Å². The van der Waals surface area contributed by atoms with E-state index in [2.05, 4.69) is 15.3 Å². The number of carbonyl (C=O) groups excluding carboxylic acids is 1. The van der Waals surface area contributed by atoms with Crippen LogP contribution in [0, 0.1) is 5.82 Å². The first kappa shape index (κ1) is 20.1. The van der Waals surface area contributed by atoms with Crippen molar-refractivity contribution in [1.82, 2.24) is 14.5 Å². The number of nitrogens with one attached hydrogen (secondary N) is 1. The SMILES string of the molecule is O=C(CCl)OCCn1c(=O)oc2cc3ncnc(Nc4ccc(F)c(Cl)c4)c3cc21. The Hall–Kier alpha value is -3.17. The maximum Gasteiger partial charge on any atom is 0.420 e. The van der Waals surface area contributed by atoms with Crippen LogP contribution in [0.25, 0.3) is 22.0 Å². The Morgan fingerprint density at radius 3 is 2.87 bits per heavy atom. The third-order valence-electron chi connectivity index (χ3n) is 4.29. The minimum absolute atomic E-state index is 0.0316. The molecule has 0 fully saturated rings. The third-order valence-corrected chi connectivity index (χ3v) is 4.80. The van der Waals surface area contributed by atoms with Crippen LogP contribution in [-0.2, 0) is 16.1 Å². The van der Waals surface area contributed by atoms with Gasteiger partial charge in [-0.25, -0.2) is 19.2 Å². The number of anilines is 2. The largest absolute Gasteiger partial charge is 0.463 e. The van der Waals surface area contributed by atoms with Gasteiger partial charge >= 0.3 is 11.7 Å². The summed E-state index contributed by atoms with van der Waals surface area (Å²) in [5, 5.41) is 3.63. The highest BCUT2D eigenvalue weighted by atomic mass is 35.5. The molecule has 0 spiro atoms.